The van der Waals surface area contributed by atoms with Gasteiger partial charge in [-0.05, 0) is 24.3 Å². The zero-order chi connectivity index (χ0) is 19.6. The Morgan fingerprint density at radius 2 is 2.10 bits per heavy atom. The van der Waals surface area contributed by atoms with E-state index < -0.39 is 5.91 Å². The monoisotopic (exact) mass is 407 g/mol. The van der Waals surface area contributed by atoms with Crippen LogP contribution in [-0.2, 0) is 0 Å². The molecule has 1 aliphatic rings. The number of aromatic nitrogens is 4. The molecule has 1 aromatic carbocycles. The van der Waals surface area contributed by atoms with Crippen molar-refractivity contribution in [3.63, 3.8) is 0 Å². The largest absolute Gasteiger partial charge is 0.412 e. The van der Waals surface area contributed by atoms with Gasteiger partial charge < -0.3 is 20.0 Å². The van der Waals surface area contributed by atoms with E-state index in [-0.39, 0.29) is 11.8 Å². The molecule has 3 aromatic heterocycles. The second-order valence-electron chi connectivity index (χ2n) is 6.53. The van der Waals surface area contributed by atoms with Gasteiger partial charge in [0.15, 0.2) is 0 Å². The highest BCUT2D eigenvalue weighted by Crippen LogP contribution is 2.27. The molecule has 1 saturated heterocycles. The standard InChI is InChI=1S/C19H17N7O2S/c27-17(23-14-10-21-4-3-15(14)26-7-5-20-6-8-26)19-25-24-18(28-19)12-1-2-16-13(9-12)22-11-29-16/h1-4,9-11,20H,5-8H2,(H,23,27). The first kappa shape index (κ1) is 17.7. The summed E-state index contributed by atoms with van der Waals surface area (Å²) in [6.45, 7) is 3.51. The summed E-state index contributed by atoms with van der Waals surface area (Å²) in [7, 11) is 0. The Bertz CT molecular complexity index is 1170. The van der Waals surface area contributed by atoms with Crippen molar-refractivity contribution in [1.29, 1.82) is 0 Å². The molecule has 0 unspecified atom stereocenters. The molecule has 0 bridgehead atoms. The molecule has 0 atom stereocenters. The maximum absolute atomic E-state index is 12.7. The molecular formula is C19H17N7O2S. The number of anilines is 2. The van der Waals surface area contributed by atoms with E-state index in [1.54, 1.807) is 29.2 Å². The fourth-order valence-corrected chi connectivity index (χ4v) is 3.92. The van der Waals surface area contributed by atoms with Crippen LogP contribution in [0.2, 0.25) is 0 Å². The van der Waals surface area contributed by atoms with Crippen LogP contribution in [-0.4, -0.2) is 52.3 Å². The predicted octanol–water partition coefficient (Wildman–Crippen LogP) is 2.40. The first-order valence-corrected chi connectivity index (χ1v) is 10.0. The summed E-state index contributed by atoms with van der Waals surface area (Å²) in [6.07, 6.45) is 3.34. The Labute approximate surface area is 169 Å². The molecular weight excluding hydrogens is 390 g/mol. The average Bonchev–Trinajstić information content (AvgIpc) is 3.44. The first-order chi connectivity index (χ1) is 14.3. The molecule has 146 valence electrons. The van der Waals surface area contributed by atoms with Crippen LogP contribution in [0.15, 0.2) is 46.6 Å². The van der Waals surface area contributed by atoms with Gasteiger partial charge in [-0.15, -0.1) is 21.5 Å². The number of amides is 1. The van der Waals surface area contributed by atoms with Crippen LogP contribution in [0.4, 0.5) is 11.4 Å². The third-order valence-electron chi connectivity index (χ3n) is 4.70. The minimum absolute atomic E-state index is 0.103. The van der Waals surface area contributed by atoms with Crippen LogP contribution in [0, 0.1) is 0 Å². The van der Waals surface area contributed by atoms with Gasteiger partial charge in [0.1, 0.15) is 0 Å². The molecule has 5 rings (SSSR count). The number of hydrogen-bond acceptors (Lipinski definition) is 9. The van der Waals surface area contributed by atoms with E-state index in [9.17, 15) is 4.79 Å². The molecule has 4 heterocycles. The third-order valence-corrected chi connectivity index (χ3v) is 5.51. The Kier molecular flexibility index (Phi) is 4.62. The van der Waals surface area contributed by atoms with Crippen molar-refractivity contribution >= 4 is 38.8 Å². The number of carbonyl (C=O) groups is 1. The molecule has 1 aliphatic heterocycles. The van der Waals surface area contributed by atoms with Gasteiger partial charge in [0.2, 0.25) is 5.89 Å². The van der Waals surface area contributed by atoms with Crippen molar-refractivity contribution in [3.8, 4) is 11.5 Å². The van der Waals surface area contributed by atoms with E-state index in [0.717, 1.165) is 47.6 Å². The summed E-state index contributed by atoms with van der Waals surface area (Å²) in [6, 6.07) is 7.58. The topological polar surface area (TPSA) is 109 Å². The summed E-state index contributed by atoms with van der Waals surface area (Å²) in [5, 5.41) is 14.1. The van der Waals surface area contributed by atoms with Gasteiger partial charge in [-0.2, -0.15) is 0 Å². The van der Waals surface area contributed by atoms with Crippen molar-refractivity contribution in [2.75, 3.05) is 36.4 Å². The van der Waals surface area contributed by atoms with E-state index in [4.69, 9.17) is 4.42 Å². The average molecular weight is 407 g/mol. The van der Waals surface area contributed by atoms with Gasteiger partial charge >= 0.3 is 11.8 Å². The van der Waals surface area contributed by atoms with Crippen LogP contribution in [0.5, 0.6) is 0 Å². The summed E-state index contributed by atoms with van der Waals surface area (Å²) < 4.78 is 6.68. The van der Waals surface area contributed by atoms with Crippen molar-refractivity contribution in [1.82, 2.24) is 25.5 Å². The van der Waals surface area contributed by atoms with Crippen LogP contribution in [0.25, 0.3) is 21.7 Å². The van der Waals surface area contributed by atoms with Crippen molar-refractivity contribution < 1.29 is 9.21 Å². The molecule has 0 saturated carbocycles. The summed E-state index contributed by atoms with van der Waals surface area (Å²) >= 11 is 1.56. The lowest BCUT2D eigenvalue weighted by atomic mass is 10.2. The highest BCUT2D eigenvalue weighted by atomic mass is 32.1. The number of hydrogen-bond donors (Lipinski definition) is 2. The smallest absolute Gasteiger partial charge is 0.313 e. The van der Waals surface area contributed by atoms with Crippen LogP contribution >= 0.6 is 11.3 Å². The Hall–Kier alpha value is -3.37. The summed E-state index contributed by atoms with van der Waals surface area (Å²) in [5.41, 5.74) is 4.89. The molecule has 4 aromatic rings. The number of nitrogens with zero attached hydrogens (tertiary/aromatic N) is 5. The van der Waals surface area contributed by atoms with E-state index in [1.165, 1.54) is 0 Å². The number of benzene rings is 1. The first-order valence-electron chi connectivity index (χ1n) is 9.16. The fraction of sp³-hybridized carbons (Fsp3) is 0.211. The zero-order valence-corrected chi connectivity index (χ0v) is 16.1. The lowest BCUT2D eigenvalue weighted by Crippen LogP contribution is -2.43. The fourth-order valence-electron chi connectivity index (χ4n) is 3.26. The van der Waals surface area contributed by atoms with Crippen molar-refractivity contribution in [3.05, 3.63) is 48.1 Å². The highest BCUT2D eigenvalue weighted by molar-refractivity contribution is 7.16. The number of pyridine rings is 1. The number of rotatable bonds is 4. The highest BCUT2D eigenvalue weighted by Gasteiger charge is 2.20. The van der Waals surface area contributed by atoms with Crippen LogP contribution in [0.1, 0.15) is 10.7 Å². The maximum Gasteiger partial charge on any atom is 0.313 e. The number of thiazole rings is 1. The summed E-state index contributed by atoms with van der Waals surface area (Å²) in [4.78, 5) is 23.3. The quantitative estimate of drug-likeness (QED) is 0.531. The maximum atomic E-state index is 12.7. The lowest BCUT2D eigenvalue weighted by molar-refractivity contribution is 0.0991. The van der Waals surface area contributed by atoms with Gasteiger partial charge in [0.25, 0.3) is 0 Å². The minimum atomic E-state index is -0.470. The molecule has 2 N–H and O–H groups in total. The Morgan fingerprint density at radius 1 is 1.21 bits per heavy atom. The third kappa shape index (κ3) is 3.55. The van der Waals surface area contributed by atoms with Gasteiger partial charge in [0.05, 0.1) is 33.3 Å². The molecule has 10 heteroatoms. The molecule has 9 nitrogen and oxygen atoms in total. The van der Waals surface area contributed by atoms with E-state index >= 15 is 0 Å². The van der Waals surface area contributed by atoms with Crippen LogP contribution in [0.3, 0.4) is 0 Å². The van der Waals surface area contributed by atoms with Gasteiger partial charge in [-0.3, -0.25) is 9.78 Å². The van der Waals surface area contributed by atoms with E-state index in [1.807, 2.05) is 24.3 Å². The van der Waals surface area contributed by atoms with Crippen molar-refractivity contribution in [2.24, 2.45) is 0 Å². The molecule has 0 aliphatic carbocycles. The van der Waals surface area contributed by atoms with Gasteiger partial charge in [-0.1, -0.05) is 0 Å². The second kappa shape index (κ2) is 7.57. The number of nitrogens with one attached hydrogen (secondary N) is 2. The Morgan fingerprint density at radius 3 is 3.00 bits per heavy atom. The van der Waals surface area contributed by atoms with E-state index in [2.05, 4.69) is 35.7 Å². The SMILES string of the molecule is O=C(Nc1cnccc1N1CCNCC1)c1nnc(-c2ccc3scnc3c2)o1. The normalized spacial score (nSPS) is 14.3. The van der Waals surface area contributed by atoms with Crippen molar-refractivity contribution in [2.45, 2.75) is 0 Å². The molecule has 0 radical (unpaired) electrons. The second-order valence-corrected chi connectivity index (χ2v) is 7.42. The molecule has 1 amide bonds. The summed E-state index contributed by atoms with van der Waals surface area (Å²) in [5.74, 6) is -0.296. The minimum Gasteiger partial charge on any atom is -0.412 e. The predicted molar refractivity (Wildman–Crippen MR) is 110 cm³/mol. The molecule has 29 heavy (non-hydrogen) atoms. The van der Waals surface area contributed by atoms with Gasteiger partial charge in [-0.25, -0.2) is 4.98 Å². The molecule has 0 spiro atoms. The van der Waals surface area contributed by atoms with Crippen LogP contribution < -0.4 is 15.5 Å². The number of carbonyl (C=O) groups excluding carboxylic acids is 1. The van der Waals surface area contributed by atoms with Gasteiger partial charge in [0, 0.05) is 37.9 Å². The Balaban J connectivity index is 1.37. The number of piperazine rings is 1. The number of fused-ring (bicyclic) bond motifs is 1. The van der Waals surface area contributed by atoms with E-state index in [0.29, 0.717) is 5.69 Å². The zero-order valence-electron chi connectivity index (χ0n) is 15.3. The molecule has 1 fully saturated rings. The lowest BCUT2D eigenvalue weighted by Gasteiger charge is -2.30.